The first-order chi connectivity index (χ1) is 9.21. The van der Waals surface area contributed by atoms with Gasteiger partial charge in [0, 0.05) is 19.8 Å². The zero-order valence-electron chi connectivity index (χ0n) is 11.9. The smallest absolute Gasteiger partial charge is 0.161 e. The molecule has 1 N–H and O–H groups in total. The van der Waals surface area contributed by atoms with Crippen molar-refractivity contribution in [1.82, 2.24) is 24.9 Å². The number of rotatable bonds is 6. The first kappa shape index (κ1) is 13.6. The molecule has 19 heavy (non-hydrogen) atoms. The van der Waals surface area contributed by atoms with Crippen LogP contribution >= 0.6 is 0 Å². The summed E-state index contributed by atoms with van der Waals surface area (Å²) in [7, 11) is 5.50. The first-order valence-corrected chi connectivity index (χ1v) is 6.47. The molecule has 0 fully saturated rings. The lowest BCUT2D eigenvalue weighted by Crippen LogP contribution is -2.23. The Morgan fingerprint density at radius 2 is 2.26 bits per heavy atom. The molecule has 1 unspecified atom stereocenters. The second-order valence-corrected chi connectivity index (χ2v) is 4.46. The highest BCUT2D eigenvalue weighted by molar-refractivity contribution is 5.33. The van der Waals surface area contributed by atoms with E-state index in [9.17, 15) is 0 Å². The van der Waals surface area contributed by atoms with E-state index in [1.165, 1.54) is 0 Å². The van der Waals surface area contributed by atoms with Gasteiger partial charge in [-0.15, -0.1) is 0 Å². The molecule has 0 radical (unpaired) electrons. The average Bonchev–Trinajstić information content (AvgIpc) is 2.99. The topological polar surface area (TPSA) is 56.9 Å². The summed E-state index contributed by atoms with van der Waals surface area (Å²) >= 11 is 0. The Kier molecular flexibility index (Phi) is 4.21. The molecule has 0 aliphatic rings. The van der Waals surface area contributed by atoms with Crippen molar-refractivity contribution in [3.63, 3.8) is 0 Å². The maximum atomic E-state index is 5.43. The van der Waals surface area contributed by atoms with E-state index in [1.54, 1.807) is 18.0 Å². The van der Waals surface area contributed by atoms with Crippen molar-refractivity contribution in [2.24, 2.45) is 7.05 Å². The monoisotopic (exact) mass is 263 g/mol. The molecule has 6 heteroatoms. The molecule has 0 saturated carbocycles. The van der Waals surface area contributed by atoms with E-state index in [4.69, 9.17) is 4.74 Å². The summed E-state index contributed by atoms with van der Waals surface area (Å²) in [6, 6.07) is 1.98. The Balaban J connectivity index is 2.44. The lowest BCUT2D eigenvalue weighted by Gasteiger charge is -2.17. The number of ether oxygens (including phenoxy) is 1. The lowest BCUT2D eigenvalue weighted by atomic mass is 10.1. The molecule has 6 nitrogen and oxygen atoms in total. The van der Waals surface area contributed by atoms with Gasteiger partial charge < -0.3 is 10.1 Å². The van der Waals surface area contributed by atoms with Gasteiger partial charge in [0.1, 0.15) is 5.69 Å². The highest BCUT2D eigenvalue weighted by atomic mass is 16.5. The van der Waals surface area contributed by atoms with Gasteiger partial charge in [0.15, 0.2) is 5.75 Å². The van der Waals surface area contributed by atoms with Crippen LogP contribution in [0.25, 0.3) is 0 Å². The fourth-order valence-electron chi connectivity index (χ4n) is 2.23. The second-order valence-electron chi connectivity index (χ2n) is 4.46. The van der Waals surface area contributed by atoms with Crippen LogP contribution in [0.5, 0.6) is 5.75 Å². The fourth-order valence-corrected chi connectivity index (χ4v) is 2.23. The van der Waals surface area contributed by atoms with Gasteiger partial charge in [-0.3, -0.25) is 9.36 Å². The van der Waals surface area contributed by atoms with Crippen LogP contribution < -0.4 is 10.1 Å². The Labute approximate surface area is 113 Å². The van der Waals surface area contributed by atoms with Crippen LogP contribution in [0.15, 0.2) is 18.5 Å². The van der Waals surface area contributed by atoms with E-state index < -0.39 is 0 Å². The highest BCUT2D eigenvalue weighted by Gasteiger charge is 2.23. The molecular weight excluding hydrogens is 242 g/mol. The van der Waals surface area contributed by atoms with Crippen molar-refractivity contribution in [1.29, 1.82) is 0 Å². The molecule has 2 rings (SSSR count). The predicted molar refractivity (Wildman–Crippen MR) is 73.2 cm³/mol. The van der Waals surface area contributed by atoms with Crippen LogP contribution in [-0.4, -0.2) is 33.7 Å². The maximum absolute atomic E-state index is 5.43. The van der Waals surface area contributed by atoms with E-state index >= 15 is 0 Å². The second kappa shape index (κ2) is 5.88. The minimum Gasteiger partial charge on any atom is -0.493 e. The molecule has 0 spiro atoms. The minimum atomic E-state index is -0.0230. The molecule has 1 atom stereocenters. The third kappa shape index (κ3) is 2.63. The Morgan fingerprint density at radius 3 is 2.79 bits per heavy atom. The molecule has 2 aromatic heterocycles. The Morgan fingerprint density at radius 1 is 1.47 bits per heavy atom. The van der Waals surface area contributed by atoms with E-state index in [-0.39, 0.29) is 6.04 Å². The van der Waals surface area contributed by atoms with Gasteiger partial charge in [-0.25, -0.2) is 0 Å². The zero-order chi connectivity index (χ0) is 13.8. The van der Waals surface area contributed by atoms with Gasteiger partial charge in [-0.05, 0) is 19.5 Å². The summed E-state index contributed by atoms with van der Waals surface area (Å²) in [5.74, 6) is 0.790. The first-order valence-electron chi connectivity index (χ1n) is 6.47. The average molecular weight is 263 g/mol. The van der Waals surface area contributed by atoms with E-state index in [0.717, 1.165) is 30.1 Å². The Bertz CT molecular complexity index is 531. The number of aryl methyl sites for hydroxylation is 2. The Hall–Kier alpha value is -1.82. The molecular formula is C13H21N5O. The summed E-state index contributed by atoms with van der Waals surface area (Å²) < 4.78 is 9.20. The summed E-state index contributed by atoms with van der Waals surface area (Å²) in [6.07, 6.45) is 4.72. The number of methoxy groups -OCH3 is 1. The quantitative estimate of drug-likeness (QED) is 0.854. The standard InChI is InChI=1S/C13H21N5O/c1-5-7-18-13(11(19-4)9-15-18)12(14-2)10-6-8-17(3)16-10/h6,8-9,12,14H,5,7H2,1-4H3. The van der Waals surface area contributed by atoms with Crippen LogP contribution in [0.4, 0.5) is 0 Å². The number of hydrogen-bond acceptors (Lipinski definition) is 4. The van der Waals surface area contributed by atoms with Crippen LogP contribution in [0.1, 0.15) is 30.8 Å². The van der Waals surface area contributed by atoms with E-state index in [2.05, 4.69) is 22.4 Å². The van der Waals surface area contributed by atoms with Crippen molar-refractivity contribution in [3.05, 3.63) is 29.8 Å². The number of aromatic nitrogens is 4. The van der Waals surface area contributed by atoms with E-state index in [1.807, 2.05) is 31.0 Å². The highest BCUT2D eigenvalue weighted by Crippen LogP contribution is 2.29. The van der Waals surface area contributed by atoms with Crippen molar-refractivity contribution < 1.29 is 4.74 Å². The molecule has 0 bridgehead atoms. The van der Waals surface area contributed by atoms with Crippen LogP contribution in [-0.2, 0) is 13.6 Å². The van der Waals surface area contributed by atoms with Gasteiger partial charge >= 0.3 is 0 Å². The summed E-state index contributed by atoms with van der Waals surface area (Å²) in [6.45, 7) is 3.00. The van der Waals surface area contributed by atoms with Crippen molar-refractivity contribution in [2.75, 3.05) is 14.2 Å². The normalized spacial score (nSPS) is 12.6. The number of nitrogens with one attached hydrogen (secondary N) is 1. The van der Waals surface area contributed by atoms with Crippen molar-refractivity contribution >= 4 is 0 Å². The van der Waals surface area contributed by atoms with Crippen LogP contribution in [0, 0.1) is 0 Å². The zero-order valence-corrected chi connectivity index (χ0v) is 11.9. The summed E-state index contributed by atoms with van der Waals surface area (Å²) in [4.78, 5) is 0. The van der Waals surface area contributed by atoms with Crippen molar-refractivity contribution in [3.8, 4) is 5.75 Å². The molecule has 0 saturated heterocycles. The summed E-state index contributed by atoms with van der Waals surface area (Å²) in [5, 5.41) is 12.2. The molecule has 0 amide bonds. The molecule has 2 aromatic rings. The maximum Gasteiger partial charge on any atom is 0.161 e. The minimum absolute atomic E-state index is 0.0230. The van der Waals surface area contributed by atoms with Crippen LogP contribution in [0.3, 0.4) is 0 Å². The van der Waals surface area contributed by atoms with Gasteiger partial charge in [-0.1, -0.05) is 6.92 Å². The van der Waals surface area contributed by atoms with Gasteiger partial charge in [0.05, 0.1) is 25.0 Å². The SMILES string of the molecule is CCCn1ncc(OC)c1C(NC)c1ccn(C)n1. The molecule has 0 aliphatic carbocycles. The largest absolute Gasteiger partial charge is 0.493 e. The van der Waals surface area contributed by atoms with Crippen LogP contribution in [0.2, 0.25) is 0 Å². The molecule has 2 heterocycles. The third-order valence-corrected chi connectivity index (χ3v) is 3.09. The van der Waals surface area contributed by atoms with Gasteiger partial charge in [0.2, 0.25) is 0 Å². The van der Waals surface area contributed by atoms with Gasteiger partial charge in [0.25, 0.3) is 0 Å². The van der Waals surface area contributed by atoms with Gasteiger partial charge in [-0.2, -0.15) is 10.2 Å². The van der Waals surface area contributed by atoms with Crippen molar-refractivity contribution in [2.45, 2.75) is 25.9 Å². The van der Waals surface area contributed by atoms with E-state index in [0.29, 0.717) is 0 Å². The third-order valence-electron chi connectivity index (χ3n) is 3.09. The number of hydrogen-bond donors (Lipinski definition) is 1. The number of nitrogens with zero attached hydrogens (tertiary/aromatic N) is 4. The molecule has 104 valence electrons. The lowest BCUT2D eigenvalue weighted by molar-refractivity contribution is 0.399. The predicted octanol–water partition coefficient (Wildman–Crippen LogP) is 1.34. The molecule has 0 aromatic carbocycles. The molecule has 0 aliphatic heterocycles. The fraction of sp³-hybridized carbons (Fsp3) is 0.538. The summed E-state index contributed by atoms with van der Waals surface area (Å²) in [5.41, 5.74) is 1.98.